The maximum atomic E-state index is 11.2. The van der Waals surface area contributed by atoms with Crippen molar-refractivity contribution < 1.29 is 9.90 Å². The zero-order chi connectivity index (χ0) is 18.1. The molecule has 0 radical (unpaired) electrons. The molecule has 4 rings (SSSR count). The van der Waals surface area contributed by atoms with Crippen molar-refractivity contribution in [2.45, 2.75) is 13.5 Å². The second-order valence-electron chi connectivity index (χ2n) is 6.15. The lowest BCUT2D eigenvalue weighted by atomic mass is 10.1. The van der Waals surface area contributed by atoms with E-state index in [0.29, 0.717) is 11.4 Å². The standard InChI is InChI=1S/C21H18N2O2S/c1-14-6-2-4-8-17(14)22-12-15-13-23(18-9-5-3-7-16(15)18)20-11-10-19(26-20)21(24)25/h2-11,13,22H,12H2,1H3,(H,24,25). The van der Waals surface area contributed by atoms with E-state index in [4.69, 9.17) is 0 Å². The van der Waals surface area contributed by atoms with E-state index in [1.54, 1.807) is 6.07 Å². The number of rotatable bonds is 5. The van der Waals surface area contributed by atoms with Gasteiger partial charge in [-0.25, -0.2) is 4.79 Å². The SMILES string of the molecule is Cc1ccccc1NCc1cn(-c2ccc(C(=O)O)s2)c2ccccc12. The molecule has 0 bridgehead atoms. The van der Waals surface area contributed by atoms with Gasteiger partial charge in [-0.3, -0.25) is 0 Å². The van der Waals surface area contributed by atoms with Gasteiger partial charge in [-0.2, -0.15) is 0 Å². The molecule has 2 aromatic carbocycles. The number of anilines is 1. The van der Waals surface area contributed by atoms with Crippen LogP contribution in [0.4, 0.5) is 5.69 Å². The molecule has 26 heavy (non-hydrogen) atoms. The van der Waals surface area contributed by atoms with E-state index >= 15 is 0 Å². The summed E-state index contributed by atoms with van der Waals surface area (Å²) in [7, 11) is 0. The molecule has 0 fully saturated rings. The second-order valence-corrected chi connectivity index (χ2v) is 7.22. The molecule has 0 aliphatic rings. The number of para-hydroxylation sites is 2. The molecule has 2 heterocycles. The third-order valence-electron chi connectivity index (χ3n) is 4.45. The summed E-state index contributed by atoms with van der Waals surface area (Å²) in [4.78, 5) is 11.5. The molecule has 0 aliphatic heterocycles. The van der Waals surface area contributed by atoms with Crippen molar-refractivity contribution in [2.24, 2.45) is 0 Å². The molecular weight excluding hydrogens is 344 g/mol. The fourth-order valence-electron chi connectivity index (χ4n) is 3.11. The highest BCUT2D eigenvalue weighted by Gasteiger charge is 2.13. The van der Waals surface area contributed by atoms with Crippen LogP contribution >= 0.6 is 11.3 Å². The van der Waals surface area contributed by atoms with E-state index in [1.165, 1.54) is 27.8 Å². The number of aromatic nitrogens is 1. The minimum Gasteiger partial charge on any atom is -0.477 e. The summed E-state index contributed by atoms with van der Waals surface area (Å²) in [6.45, 7) is 2.79. The predicted octanol–water partition coefficient (Wildman–Crippen LogP) is 5.31. The first-order valence-corrected chi connectivity index (χ1v) is 9.17. The van der Waals surface area contributed by atoms with Gasteiger partial charge in [0.1, 0.15) is 9.88 Å². The minimum atomic E-state index is -0.890. The maximum Gasteiger partial charge on any atom is 0.345 e. The van der Waals surface area contributed by atoms with Crippen LogP contribution in [-0.2, 0) is 6.54 Å². The molecule has 0 spiro atoms. The summed E-state index contributed by atoms with van der Waals surface area (Å²) in [5.41, 5.74) is 4.58. The van der Waals surface area contributed by atoms with Crippen LogP contribution in [0.3, 0.4) is 0 Å². The maximum absolute atomic E-state index is 11.2. The molecule has 130 valence electrons. The van der Waals surface area contributed by atoms with Gasteiger partial charge in [0.25, 0.3) is 0 Å². The Bertz CT molecular complexity index is 1090. The average Bonchev–Trinajstić information content (AvgIpc) is 3.26. The highest BCUT2D eigenvalue weighted by atomic mass is 32.1. The highest BCUT2D eigenvalue weighted by molar-refractivity contribution is 7.16. The number of carbonyl (C=O) groups is 1. The van der Waals surface area contributed by atoms with Gasteiger partial charge < -0.3 is 15.0 Å². The number of hydrogen-bond donors (Lipinski definition) is 2. The molecule has 0 saturated heterocycles. The summed E-state index contributed by atoms with van der Waals surface area (Å²) in [5.74, 6) is -0.890. The first-order chi connectivity index (χ1) is 12.6. The number of fused-ring (bicyclic) bond motifs is 1. The van der Waals surface area contributed by atoms with Crippen molar-refractivity contribution in [1.82, 2.24) is 4.57 Å². The lowest BCUT2D eigenvalue weighted by molar-refractivity contribution is 0.0702. The summed E-state index contributed by atoms with van der Waals surface area (Å²) in [6.07, 6.45) is 2.09. The monoisotopic (exact) mass is 362 g/mol. The Morgan fingerprint density at radius 2 is 1.85 bits per heavy atom. The van der Waals surface area contributed by atoms with E-state index < -0.39 is 5.97 Å². The third kappa shape index (κ3) is 2.97. The van der Waals surface area contributed by atoms with Crippen LogP contribution in [0.15, 0.2) is 66.9 Å². The van der Waals surface area contributed by atoms with Crippen molar-refractivity contribution >= 4 is 33.9 Å². The Balaban J connectivity index is 1.72. The van der Waals surface area contributed by atoms with Crippen molar-refractivity contribution in [3.05, 3.63) is 82.9 Å². The lowest BCUT2D eigenvalue weighted by Gasteiger charge is -2.08. The topological polar surface area (TPSA) is 54.3 Å². The van der Waals surface area contributed by atoms with Crippen LogP contribution in [0.1, 0.15) is 20.8 Å². The van der Waals surface area contributed by atoms with E-state index in [9.17, 15) is 9.90 Å². The third-order valence-corrected chi connectivity index (χ3v) is 5.52. The highest BCUT2D eigenvalue weighted by Crippen LogP contribution is 2.29. The van der Waals surface area contributed by atoms with Gasteiger partial charge in [0.2, 0.25) is 0 Å². The average molecular weight is 362 g/mol. The molecule has 0 unspecified atom stereocenters. The van der Waals surface area contributed by atoms with Gasteiger partial charge in [0.05, 0.1) is 5.52 Å². The minimum absolute atomic E-state index is 0.345. The Morgan fingerprint density at radius 3 is 2.62 bits per heavy atom. The van der Waals surface area contributed by atoms with Crippen molar-refractivity contribution in [1.29, 1.82) is 0 Å². The molecule has 2 aromatic heterocycles. The molecule has 0 aliphatic carbocycles. The van der Waals surface area contributed by atoms with E-state index in [1.807, 2.05) is 30.3 Å². The number of aromatic carboxylic acids is 1. The summed E-state index contributed by atoms with van der Waals surface area (Å²) in [6, 6.07) is 19.9. The van der Waals surface area contributed by atoms with Crippen molar-refractivity contribution in [3.63, 3.8) is 0 Å². The van der Waals surface area contributed by atoms with Crippen LogP contribution in [0.5, 0.6) is 0 Å². The number of aryl methyl sites for hydroxylation is 1. The summed E-state index contributed by atoms with van der Waals surface area (Å²) < 4.78 is 2.07. The van der Waals surface area contributed by atoms with Crippen LogP contribution < -0.4 is 5.32 Å². The fourth-order valence-corrected chi connectivity index (χ4v) is 3.94. The molecule has 0 saturated carbocycles. The van der Waals surface area contributed by atoms with E-state index in [-0.39, 0.29) is 0 Å². The molecule has 2 N–H and O–H groups in total. The molecule has 5 heteroatoms. The van der Waals surface area contributed by atoms with Gasteiger partial charge >= 0.3 is 5.97 Å². The zero-order valence-electron chi connectivity index (χ0n) is 14.3. The van der Waals surface area contributed by atoms with Gasteiger partial charge in [-0.1, -0.05) is 36.4 Å². The van der Waals surface area contributed by atoms with E-state index in [2.05, 4.69) is 47.3 Å². The van der Waals surface area contributed by atoms with Crippen molar-refractivity contribution in [2.75, 3.05) is 5.32 Å². The Morgan fingerprint density at radius 1 is 1.08 bits per heavy atom. The lowest BCUT2D eigenvalue weighted by Crippen LogP contribution is -2.00. The van der Waals surface area contributed by atoms with E-state index in [0.717, 1.165) is 16.2 Å². The number of hydrogen-bond acceptors (Lipinski definition) is 3. The number of carboxylic acid groups (broad SMARTS) is 1. The summed E-state index contributed by atoms with van der Waals surface area (Å²) in [5, 5.41) is 14.8. The van der Waals surface area contributed by atoms with Crippen LogP contribution in [0.2, 0.25) is 0 Å². The first kappa shape index (κ1) is 16.4. The number of nitrogens with zero attached hydrogens (tertiary/aromatic N) is 1. The Labute approximate surface area is 155 Å². The molecule has 0 atom stereocenters. The molecule has 4 aromatic rings. The van der Waals surface area contributed by atoms with Gasteiger partial charge in [-0.15, -0.1) is 11.3 Å². The number of nitrogens with one attached hydrogen (secondary N) is 1. The normalized spacial score (nSPS) is 11.0. The predicted molar refractivity (Wildman–Crippen MR) is 107 cm³/mol. The Hall–Kier alpha value is -3.05. The smallest absolute Gasteiger partial charge is 0.345 e. The van der Waals surface area contributed by atoms with Gasteiger partial charge in [-0.05, 0) is 42.3 Å². The van der Waals surface area contributed by atoms with Crippen molar-refractivity contribution in [3.8, 4) is 5.00 Å². The number of benzene rings is 2. The zero-order valence-corrected chi connectivity index (χ0v) is 15.1. The van der Waals surface area contributed by atoms with Gasteiger partial charge in [0, 0.05) is 23.8 Å². The molecular formula is C21H18N2O2S. The fraction of sp³-hybridized carbons (Fsp3) is 0.0952. The summed E-state index contributed by atoms with van der Waals surface area (Å²) >= 11 is 1.28. The second kappa shape index (κ2) is 6.69. The molecule has 0 amide bonds. The number of carboxylic acids is 1. The van der Waals surface area contributed by atoms with Crippen LogP contribution in [0.25, 0.3) is 15.9 Å². The van der Waals surface area contributed by atoms with Crippen LogP contribution in [0, 0.1) is 6.92 Å². The largest absolute Gasteiger partial charge is 0.477 e. The quantitative estimate of drug-likeness (QED) is 0.506. The van der Waals surface area contributed by atoms with Gasteiger partial charge in [0.15, 0.2) is 0 Å². The molecule has 4 nitrogen and oxygen atoms in total. The number of thiophene rings is 1. The Kier molecular flexibility index (Phi) is 4.22. The van der Waals surface area contributed by atoms with Crippen LogP contribution in [-0.4, -0.2) is 15.6 Å². The first-order valence-electron chi connectivity index (χ1n) is 8.35.